The van der Waals surface area contributed by atoms with Crippen LogP contribution in [0.5, 0.6) is 0 Å². The molecule has 3 rings (SSSR count). The second-order valence-corrected chi connectivity index (χ2v) is 4.92. The lowest BCUT2D eigenvalue weighted by molar-refractivity contribution is -0.116. The van der Waals surface area contributed by atoms with Crippen LogP contribution in [0.15, 0.2) is 24.4 Å². The van der Waals surface area contributed by atoms with E-state index >= 15 is 0 Å². The number of anilines is 3. The summed E-state index contributed by atoms with van der Waals surface area (Å²) in [5.74, 6) is -0.0468. The highest BCUT2D eigenvalue weighted by atomic mass is 32.1. The summed E-state index contributed by atoms with van der Waals surface area (Å²) in [5.41, 5.74) is 8.04. The number of nitrogens with two attached hydrogens (primary N) is 1. The third-order valence-electron chi connectivity index (χ3n) is 2.73. The van der Waals surface area contributed by atoms with Crippen molar-refractivity contribution in [3.8, 4) is 6.07 Å². The van der Waals surface area contributed by atoms with Gasteiger partial charge < -0.3 is 5.73 Å². The number of nitriles is 1. The van der Waals surface area contributed by atoms with Gasteiger partial charge in [-0.15, -0.1) is 0 Å². The standard InChI is InChI=1S/C12H8N4OS/c13-5-9-6-15-12(18-9)16-10-2-1-8(14)3-7(10)4-11(16)17/h1-3,6H,4,14H2. The maximum atomic E-state index is 12.0. The van der Waals surface area contributed by atoms with Crippen molar-refractivity contribution in [3.63, 3.8) is 0 Å². The van der Waals surface area contributed by atoms with Gasteiger partial charge in [0.1, 0.15) is 10.9 Å². The fourth-order valence-corrected chi connectivity index (χ4v) is 2.72. The maximum Gasteiger partial charge on any atom is 0.237 e. The molecule has 2 heterocycles. The van der Waals surface area contributed by atoms with Crippen LogP contribution in [0, 0.1) is 11.3 Å². The van der Waals surface area contributed by atoms with Crippen LogP contribution in [0.25, 0.3) is 0 Å². The number of carbonyl (C=O) groups is 1. The quantitative estimate of drug-likeness (QED) is 0.789. The molecule has 1 aromatic heterocycles. The zero-order chi connectivity index (χ0) is 12.7. The predicted molar refractivity (Wildman–Crippen MR) is 68.5 cm³/mol. The van der Waals surface area contributed by atoms with Gasteiger partial charge in [0, 0.05) is 5.69 Å². The first kappa shape index (κ1) is 10.7. The van der Waals surface area contributed by atoms with Crippen LogP contribution in [0.2, 0.25) is 0 Å². The number of thiazole rings is 1. The van der Waals surface area contributed by atoms with E-state index in [1.807, 2.05) is 12.1 Å². The number of fused-ring (bicyclic) bond motifs is 1. The number of aromatic nitrogens is 1. The lowest BCUT2D eigenvalue weighted by atomic mass is 10.1. The van der Waals surface area contributed by atoms with E-state index in [2.05, 4.69) is 4.98 Å². The van der Waals surface area contributed by atoms with Gasteiger partial charge in [0.2, 0.25) is 5.91 Å². The van der Waals surface area contributed by atoms with Gasteiger partial charge in [-0.3, -0.25) is 9.69 Å². The van der Waals surface area contributed by atoms with Crippen LogP contribution in [0.4, 0.5) is 16.5 Å². The normalized spacial score (nSPS) is 13.5. The van der Waals surface area contributed by atoms with Gasteiger partial charge in [-0.2, -0.15) is 5.26 Å². The zero-order valence-electron chi connectivity index (χ0n) is 9.25. The van der Waals surface area contributed by atoms with Gasteiger partial charge in [0.25, 0.3) is 0 Å². The minimum absolute atomic E-state index is 0.0468. The van der Waals surface area contributed by atoms with Crippen molar-refractivity contribution in [1.29, 1.82) is 5.26 Å². The molecule has 1 aromatic carbocycles. The molecule has 2 aromatic rings. The van der Waals surface area contributed by atoms with Crippen molar-refractivity contribution in [1.82, 2.24) is 4.98 Å². The summed E-state index contributed by atoms with van der Waals surface area (Å²) in [6.45, 7) is 0. The van der Waals surface area contributed by atoms with Crippen LogP contribution < -0.4 is 10.6 Å². The predicted octanol–water partition coefficient (Wildman–Crippen LogP) is 1.82. The number of rotatable bonds is 1. The number of hydrogen-bond donors (Lipinski definition) is 1. The molecule has 0 radical (unpaired) electrons. The van der Waals surface area contributed by atoms with E-state index in [9.17, 15) is 4.79 Å². The molecular weight excluding hydrogens is 248 g/mol. The van der Waals surface area contributed by atoms with Crippen molar-refractivity contribution in [2.24, 2.45) is 0 Å². The van der Waals surface area contributed by atoms with Crippen LogP contribution in [-0.2, 0) is 11.2 Å². The number of hydrogen-bond acceptors (Lipinski definition) is 5. The Morgan fingerprint density at radius 2 is 2.33 bits per heavy atom. The molecule has 0 saturated heterocycles. The highest BCUT2D eigenvalue weighted by Crippen LogP contribution is 2.37. The molecule has 0 fully saturated rings. The topological polar surface area (TPSA) is 83.0 Å². The van der Waals surface area contributed by atoms with Crippen molar-refractivity contribution in [3.05, 3.63) is 34.8 Å². The third kappa shape index (κ3) is 1.53. The molecule has 0 spiro atoms. The molecule has 1 aliphatic heterocycles. The van der Waals surface area contributed by atoms with Crippen LogP contribution >= 0.6 is 11.3 Å². The molecule has 88 valence electrons. The van der Waals surface area contributed by atoms with E-state index < -0.39 is 0 Å². The van der Waals surface area contributed by atoms with Crippen LogP contribution in [-0.4, -0.2) is 10.9 Å². The lowest BCUT2D eigenvalue weighted by Crippen LogP contribution is -2.20. The molecule has 0 unspecified atom stereocenters. The number of amides is 1. The Morgan fingerprint density at radius 3 is 3.06 bits per heavy atom. The highest BCUT2D eigenvalue weighted by molar-refractivity contribution is 7.16. The number of carbonyl (C=O) groups excluding carboxylic acids is 1. The summed E-state index contributed by atoms with van der Waals surface area (Å²) >= 11 is 1.20. The molecule has 18 heavy (non-hydrogen) atoms. The number of benzene rings is 1. The Bertz CT molecular complexity index is 686. The molecule has 0 saturated carbocycles. The maximum absolute atomic E-state index is 12.0. The molecule has 0 bridgehead atoms. The van der Waals surface area contributed by atoms with E-state index in [-0.39, 0.29) is 5.91 Å². The molecule has 0 aliphatic carbocycles. The fraction of sp³-hybridized carbons (Fsp3) is 0.0833. The van der Waals surface area contributed by atoms with E-state index in [0.29, 0.717) is 22.1 Å². The Balaban J connectivity index is 2.09. The second-order valence-electron chi connectivity index (χ2n) is 3.91. The smallest absolute Gasteiger partial charge is 0.237 e. The van der Waals surface area contributed by atoms with Gasteiger partial charge in [0.05, 0.1) is 18.3 Å². The first-order valence-corrected chi connectivity index (χ1v) is 6.08. The summed E-state index contributed by atoms with van der Waals surface area (Å²) in [5, 5.41) is 9.32. The summed E-state index contributed by atoms with van der Waals surface area (Å²) < 4.78 is 0. The average Bonchev–Trinajstić information content (AvgIpc) is 2.91. The van der Waals surface area contributed by atoms with E-state index in [0.717, 1.165) is 11.3 Å². The average molecular weight is 256 g/mol. The van der Waals surface area contributed by atoms with E-state index in [4.69, 9.17) is 11.0 Å². The Morgan fingerprint density at radius 1 is 1.50 bits per heavy atom. The zero-order valence-corrected chi connectivity index (χ0v) is 10.1. The summed E-state index contributed by atoms with van der Waals surface area (Å²) in [4.78, 5) is 18.1. The highest BCUT2D eigenvalue weighted by Gasteiger charge is 2.30. The van der Waals surface area contributed by atoms with Gasteiger partial charge in [0.15, 0.2) is 5.13 Å². The monoisotopic (exact) mass is 256 g/mol. The Labute approximate surface area is 107 Å². The van der Waals surface area contributed by atoms with Crippen molar-refractivity contribution >= 4 is 33.8 Å². The molecule has 5 nitrogen and oxygen atoms in total. The van der Waals surface area contributed by atoms with Crippen molar-refractivity contribution in [2.75, 3.05) is 10.6 Å². The summed E-state index contributed by atoms with van der Waals surface area (Å²) in [6.07, 6.45) is 1.80. The largest absolute Gasteiger partial charge is 0.399 e. The first-order chi connectivity index (χ1) is 8.69. The minimum atomic E-state index is -0.0468. The molecule has 6 heteroatoms. The van der Waals surface area contributed by atoms with E-state index in [1.165, 1.54) is 17.5 Å². The SMILES string of the molecule is N#Cc1cnc(N2C(=O)Cc3cc(N)ccc32)s1. The minimum Gasteiger partial charge on any atom is -0.399 e. The molecule has 1 aliphatic rings. The van der Waals surface area contributed by atoms with Crippen molar-refractivity contribution in [2.45, 2.75) is 6.42 Å². The Hall–Kier alpha value is -2.39. The first-order valence-electron chi connectivity index (χ1n) is 5.26. The van der Waals surface area contributed by atoms with Crippen LogP contribution in [0.3, 0.4) is 0 Å². The molecule has 2 N–H and O–H groups in total. The Kier molecular flexibility index (Phi) is 2.28. The number of nitrogen functional groups attached to an aromatic ring is 1. The molecule has 0 atom stereocenters. The fourth-order valence-electron chi connectivity index (χ4n) is 1.97. The van der Waals surface area contributed by atoms with Crippen LogP contribution in [0.1, 0.15) is 10.4 Å². The summed E-state index contributed by atoms with van der Waals surface area (Å²) in [6, 6.07) is 7.38. The van der Waals surface area contributed by atoms with Crippen molar-refractivity contribution < 1.29 is 4.79 Å². The summed E-state index contributed by atoms with van der Waals surface area (Å²) in [7, 11) is 0. The molecular formula is C12H8N4OS. The second kappa shape index (κ2) is 3.82. The van der Waals surface area contributed by atoms with E-state index in [1.54, 1.807) is 17.0 Å². The number of nitrogens with zero attached hydrogens (tertiary/aromatic N) is 3. The van der Waals surface area contributed by atoms with Gasteiger partial charge in [-0.05, 0) is 23.8 Å². The molecule has 1 amide bonds. The van der Waals surface area contributed by atoms with Gasteiger partial charge in [-0.1, -0.05) is 11.3 Å². The van der Waals surface area contributed by atoms with Gasteiger partial charge >= 0.3 is 0 Å². The lowest BCUT2D eigenvalue weighted by Gasteiger charge is -2.13. The van der Waals surface area contributed by atoms with Gasteiger partial charge in [-0.25, -0.2) is 4.98 Å². The third-order valence-corrected chi connectivity index (χ3v) is 3.62.